The third kappa shape index (κ3) is 84.1. The fraction of sp³-hybridized carbons (Fsp3) is 0.953. The maximum absolute atomic E-state index is 5.54. The molecule has 132 heavy (non-hydrogen) atoms. The van der Waals surface area contributed by atoms with Crippen LogP contribution in [0.1, 0.15) is 731 Å². The maximum Gasteiger partial charge on any atom is 0.220 e. The van der Waals surface area contributed by atoms with Crippen molar-refractivity contribution < 1.29 is 9.47 Å². The average Bonchev–Trinajstić information content (AvgIpc) is 0.828. The summed E-state index contributed by atoms with van der Waals surface area (Å²) in [6.07, 6.45) is 171. The molecule has 0 N–H and O–H groups in total. The first-order chi connectivity index (χ1) is 65.7. The lowest BCUT2D eigenvalue weighted by atomic mass is 9.75. The summed E-state index contributed by atoms with van der Waals surface area (Å²) in [5, 5.41) is 0. The number of allylic oxidation sites excluding steroid dienone is 2. The van der Waals surface area contributed by atoms with Gasteiger partial charge in [0.15, 0.2) is 0 Å². The second-order valence-corrected chi connectivity index (χ2v) is 45.6. The Morgan fingerprint density at radius 2 is 0.348 bits per heavy atom. The van der Waals surface area contributed by atoms with Crippen molar-refractivity contribution in [2.24, 2.45) is 17.8 Å². The van der Waals surface area contributed by atoms with Gasteiger partial charge in [-0.05, 0) is 62.9 Å². The number of fused-ring (bicyclic) bond motifs is 109. The minimum absolute atomic E-state index is 0.374. The van der Waals surface area contributed by atoms with Crippen LogP contribution in [0.5, 0.6) is 11.8 Å². The van der Waals surface area contributed by atoms with Gasteiger partial charge in [0.2, 0.25) is 11.8 Å². The Morgan fingerprint density at radius 1 is 0.197 bits per heavy atom. The van der Waals surface area contributed by atoms with Crippen molar-refractivity contribution in [3.05, 3.63) is 24.0 Å². The van der Waals surface area contributed by atoms with Gasteiger partial charge in [0, 0.05) is 12.5 Å². The first kappa shape index (κ1) is 123. The molecule has 5 heteroatoms. The zero-order chi connectivity index (χ0) is 92.9. The predicted octanol–water partition coefficient (Wildman–Crippen LogP) is 45.0. The molecule has 0 amide bonds. The predicted molar refractivity (Wildman–Crippen MR) is 591 cm³/mol. The van der Waals surface area contributed by atoms with E-state index in [0.717, 1.165) is 49.5 Å². The zero-order valence-corrected chi connectivity index (χ0v) is 91.0. The van der Waals surface area contributed by atoms with E-state index in [4.69, 9.17) is 19.4 Å². The quantitative estimate of drug-likeness (QED) is 0.275. The van der Waals surface area contributed by atoms with Gasteiger partial charge < -0.3 is 14.4 Å². The number of aromatic nitrogens is 2. The van der Waals surface area contributed by atoms with E-state index in [2.05, 4.69) is 17.1 Å². The van der Waals surface area contributed by atoms with Crippen LogP contribution >= 0.6 is 0 Å². The van der Waals surface area contributed by atoms with Gasteiger partial charge in [0.25, 0.3) is 0 Å². The molecule has 5 rings (SSSR count). The summed E-state index contributed by atoms with van der Waals surface area (Å²) in [5.74, 6) is 4.82. The fourth-order valence-electron chi connectivity index (χ4n) is 23.7. The number of nitrogens with zero attached hydrogens (tertiary/aromatic N) is 3. The second kappa shape index (κ2) is 102. The van der Waals surface area contributed by atoms with E-state index in [1.165, 1.54) is 713 Å². The number of ether oxygens (including phenoxy) is 2. The number of hydrogen-bond acceptors (Lipinski definition) is 5. The topological polar surface area (TPSA) is 47.5 Å². The van der Waals surface area contributed by atoms with Crippen LogP contribution in [-0.4, -0.2) is 48.7 Å². The summed E-state index contributed by atoms with van der Waals surface area (Å²) in [6, 6.07) is 1.80. The minimum atomic E-state index is 0.374. The molecule has 2 fully saturated rings. The molecule has 1 aromatic rings. The smallest absolute Gasteiger partial charge is 0.220 e. The largest absolute Gasteiger partial charge is 0.481 e. The summed E-state index contributed by atoms with van der Waals surface area (Å²) in [5.41, 5.74) is 0. The van der Waals surface area contributed by atoms with Crippen molar-refractivity contribution in [1.29, 1.82) is 0 Å². The maximum atomic E-state index is 5.54. The number of piperidine rings is 1. The normalized spacial score (nSPS) is 25.1. The van der Waals surface area contributed by atoms with Crippen LogP contribution in [-0.2, 0) is 0 Å². The lowest BCUT2D eigenvalue weighted by Crippen LogP contribution is -2.39. The van der Waals surface area contributed by atoms with Crippen LogP contribution in [0.2, 0.25) is 0 Å². The van der Waals surface area contributed by atoms with Crippen LogP contribution in [0, 0.1) is 17.8 Å². The summed E-state index contributed by atoms with van der Waals surface area (Å²) in [6.45, 7) is 3.55. The summed E-state index contributed by atoms with van der Waals surface area (Å²) in [7, 11) is 3.39. The van der Waals surface area contributed by atoms with Gasteiger partial charge in [0.1, 0.15) is 5.82 Å². The molecule has 2 bridgehead atoms. The molecule has 0 radical (unpaired) electrons. The van der Waals surface area contributed by atoms with E-state index in [9.17, 15) is 0 Å². The van der Waals surface area contributed by atoms with Gasteiger partial charge in [-0.1, -0.05) is 699 Å². The highest BCUT2D eigenvalue weighted by Crippen LogP contribution is 2.38. The standard InChI is InChI=1S/C127H243N3O2/c1-131-125-119-126(132-2)129-127(128-125)123-114-116-130(117-115-123)120-124-118-121-110-108-106-104-102-100-98-96-94-92-90-88-86-84-82-80-78-76-74-72-70-68-66-64-62-60-58-56-54-52-50-48-46-44-42-40-38-36-34-32-30-28-26-24-22-20-18-16-14-12-10-8-6-4-3-5-7-9-11-13-15-17-19-21-23-25-27-29-31-33-35-37-39-41-43-45-47-49-51-53-55-57-59-61-63-65-67-69-71-73-75-77-79-81-83-85-87-89-91-93-95-97-99-101-103-105-107-109-111-122(124)113-112-121/h112-113,119,121-124H,3-111,114-118,120H2,1-2H3. The van der Waals surface area contributed by atoms with Crippen molar-refractivity contribution in [1.82, 2.24) is 14.9 Å². The number of likely N-dealkylation sites (tertiary alicyclic amines) is 1. The molecule has 1 saturated carbocycles. The Hall–Kier alpha value is -1.62. The highest BCUT2D eigenvalue weighted by molar-refractivity contribution is 5.22. The van der Waals surface area contributed by atoms with Crippen LogP contribution in [0.25, 0.3) is 0 Å². The summed E-state index contributed by atoms with van der Waals surface area (Å²) in [4.78, 5) is 12.4. The van der Waals surface area contributed by atoms with Crippen LogP contribution in [0.15, 0.2) is 18.2 Å². The van der Waals surface area contributed by atoms with Crippen LogP contribution in [0.3, 0.4) is 0 Å². The van der Waals surface area contributed by atoms with Crippen molar-refractivity contribution >= 4 is 0 Å². The average molecular weight is 1840 g/mol. The lowest BCUT2D eigenvalue weighted by Gasteiger charge is -2.38. The molecular formula is C127H243N3O2. The Morgan fingerprint density at radius 3 is 0.508 bits per heavy atom. The Labute approximate surface area is 831 Å². The lowest BCUT2D eigenvalue weighted by molar-refractivity contribution is 0.142. The van der Waals surface area contributed by atoms with E-state index < -0.39 is 0 Å². The number of methoxy groups -OCH3 is 2. The van der Waals surface area contributed by atoms with Crippen LogP contribution in [0.4, 0.5) is 0 Å². The third-order valence-electron chi connectivity index (χ3n) is 33.0. The minimum Gasteiger partial charge on any atom is -0.481 e. The van der Waals surface area contributed by atoms with Gasteiger partial charge >= 0.3 is 0 Å². The van der Waals surface area contributed by atoms with Crippen LogP contribution < -0.4 is 9.47 Å². The van der Waals surface area contributed by atoms with Gasteiger partial charge in [-0.3, -0.25) is 0 Å². The molecule has 3 atom stereocenters. The summed E-state index contributed by atoms with van der Waals surface area (Å²) >= 11 is 0. The molecule has 5 nitrogen and oxygen atoms in total. The molecule has 1 aliphatic heterocycles. The van der Waals surface area contributed by atoms with E-state index in [1.54, 1.807) is 20.3 Å². The fourth-order valence-corrected chi connectivity index (χ4v) is 23.7. The van der Waals surface area contributed by atoms with Gasteiger partial charge in [0.05, 0.1) is 20.3 Å². The summed E-state index contributed by atoms with van der Waals surface area (Å²) < 4.78 is 11.1. The van der Waals surface area contributed by atoms with Crippen molar-refractivity contribution in [2.75, 3.05) is 33.9 Å². The molecule has 0 spiro atoms. The van der Waals surface area contributed by atoms with Crippen molar-refractivity contribution in [3.63, 3.8) is 0 Å². The van der Waals surface area contributed by atoms with Gasteiger partial charge in [-0.15, -0.1) is 0 Å². The Kier molecular flexibility index (Phi) is 95.1. The third-order valence-corrected chi connectivity index (χ3v) is 33.0. The van der Waals surface area contributed by atoms with Crippen molar-refractivity contribution in [3.8, 4) is 11.8 Å². The SMILES string of the molecule is COc1cc(OC)nc(C2CCN(CC3CC4C=CC3CCCCCCCCCCCCCCCCCCCCCCCCCCCCCCCCCCCCCCCCCCCCCCCCCCCCCCCCCCCCCCCCCCCCCCCCCCCCCCCCCCCCCCCCCCCCCCCCCCCCCCCCCCCCC4)CC2)n1. The monoisotopic (exact) mass is 1840 g/mol. The molecule has 1 aromatic heterocycles. The highest BCUT2D eigenvalue weighted by atomic mass is 16.5. The zero-order valence-electron chi connectivity index (χ0n) is 91.0. The molecule has 1 saturated heterocycles. The second-order valence-electron chi connectivity index (χ2n) is 45.6. The number of hydrogen-bond donors (Lipinski definition) is 0. The van der Waals surface area contributed by atoms with E-state index in [-0.39, 0.29) is 0 Å². The first-order valence-corrected chi connectivity index (χ1v) is 63.1. The molecule has 3 unspecified atom stereocenters. The first-order valence-electron chi connectivity index (χ1n) is 63.1. The molecule has 778 valence electrons. The molecule has 3 aliphatic carbocycles. The van der Waals surface area contributed by atoms with Gasteiger partial charge in [-0.25, -0.2) is 0 Å². The molecule has 2 heterocycles. The van der Waals surface area contributed by atoms with E-state index >= 15 is 0 Å². The Bertz CT molecular complexity index is 2320. The van der Waals surface area contributed by atoms with E-state index in [0.29, 0.717) is 17.7 Å². The van der Waals surface area contributed by atoms with Crippen molar-refractivity contribution in [2.45, 2.75) is 725 Å². The molecule has 0 aromatic carbocycles. The number of rotatable bonds is 5. The van der Waals surface area contributed by atoms with E-state index in [1.807, 2.05) is 0 Å². The Balaban J connectivity index is 0.963. The van der Waals surface area contributed by atoms with Gasteiger partial charge in [-0.2, -0.15) is 9.97 Å². The molecular weight excluding hydrogens is 1600 g/mol. The highest BCUT2D eigenvalue weighted by Gasteiger charge is 2.31. The molecule has 4 aliphatic rings.